The monoisotopic (exact) mass is 325 g/mol. The van der Waals surface area contributed by atoms with Crippen LogP contribution >= 0.6 is 15.9 Å². The second-order valence-corrected chi connectivity index (χ2v) is 4.61. The third-order valence-corrected chi connectivity index (χ3v) is 2.78. The molecule has 18 heavy (non-hydrogen) atoms. The van der Waals surface area contributed by atoms with Gasteiger partial charge in [-0.05, 0) is 25.1 Å². The Balaban J connectivity index is 2.95. The van der Waals surface area contributed by atoms with E-state index in [1.54, 1.807) is 0 Å². The average Bonchev–Trinajstić information content (AvgIpc) is 2.24. The predicted molar refractivity (Wildman–Crippen MR) is 63.2 cm³/mol. The number of nitrogens with one attached hydrogen (secondary N) is 1. The van der Waals surface area contributed by atoms with Crippen LogP contribution in [0.4, 0.5) is 13.2 Å². The number of hydrogen-bond donors (Lipinski definition) is 2. The van der Waals surface area contributed by atoms with Crippen molar-refractivity contribution in [3.05, 3.63) is 33.8 Å². The van der Waals surface area contributed by atoms with Gasteiger partial charge in [0.2, 0.25) is 0 Å². The molecule has 1 aromatic carbocycles. The SMILES string of the molecule is C[C@H](O)CNC(=O)c1ccc(Br)c(C(F)(F)F)c1. The van der Waals surface area contributed by atoms with Crippen molar-refractivity contribution in [2.75, 3.05) is 6.54 Å². The van der Waals surface area contributed by atoms with Gasteiger partial charge in [0.15, 0.2) is 0 Å². The second kappa shape index (κ2) is 5.71. The molecule has 0 fully saturated rings. The number of aliphatic hydroxyl groups is 1. The zero-order chi connectivity index (χ0) is 13.9. The Morgan fingerprint density at radius 2 is 2.11 bits per heavy atom. The zero-order valence-corrected chi connectivity index (χ0v) is 11.0. The fourth-order valence-corrected chi connectivity index (χ4v) is 1.70. The van der Waals surface area contributed by atoms with Crippen molar-refractivity contribution < 1.29 is 23.1 Å². The number of halogens is 4. The van der Waals surface area contributed by atoms with E-state index in [-0.39, 0.29) is 16.6 Å². The third kappa shape index (κ3) is 3.99. The van der Waals surface area contributed by atoms with Gasteiger partial charge in [-0.1, -0.05) is 15.9 Å². The van der Waals surface area contributed by atoms with Gasteiger partial charge in [-0.25, -0.2) is 0 Å². The lowest BCUT2D eigenvalue weighted by molar-refractivity contribution is -0.138. The van der Waals surface area contributed by atoms with Crippen molar-refractivity contribution in [2.24, 2.45) is 0 Å². The maximum absolute atomic E-state index is 12.6. The summed E-state index contributed by atoms with van der Waals surface area (Å²) < 4.78 is 37.7. The van der Waals surface area contributed by atoms with E-state index in [1.807, 2.05) is 0 Å². The van der Waals surface area contributed by atoms with E-state index in [9.17, 15) is 18.0 Å². The van der Waals surface area contributed by atoms with Crippen molar-refractivity contribution in [1.82, 2.24) is 5.32 Å². The first-order chi connectivity index (χ1) is 8.21. The van der Waals surface area contributed by atoms with E-state index in [0.29, 0.717) is 0 Å². The van der Waals surface area contributed by atoms with Gasteiger partial charge in [0.25, 0.3) is 5.91 Å². The van der Waals surface area contributed by atoms with Gasteiger partial charge in [0.1, 0.15) is 0 Å². The number of carbonyl (C=O) groups excluding carboxylic acids is 1. The zero-order valence-electron chi connectivity index (χ0n) is 9.38. The van der Waals surface area contributed by atoms with Crippen molar-refractivity contribution >= 4 is 21.8 Å². The summed E-state index contributed by atoms with van der Waals surface area (Å²) in [6, 6.07) is 3.21. The lowest BCUT2D eigenvalue weighted by Crippen LogP contribution is -2.30. The molecule has 1 atom stereocenters. The Morgan fingerprint density at radius 3 is 2.61 bits per heavy atom. The van der Waals surface area contributed by atoms with Gasteiger partial charge < -0.3 is 10.4 Å². The molecule has 1 rings (SSSR count). The van der Waals surface area contributed by atoms with Crippen molar-refractivity contribution in [3.8, 4) is 0 Å². The molecule has 0 spiro atoms. The van der Waals surface area contributed by atoms with Crippen LogP contribution in [-0.2, 0) is 6.18 Å². The van der Waals surface area contributed by atoms with Gasteiger partial charge >= 0.3 is 6.18 Å². The van der Waals surface area contributed by atoms with E-state index in [0.717, 1.165) is 6.07 Å². The Morgan fingerprint density at radius 1 is 1.50 bits per heavy atom. The fourth-order valence-electron chi connectivity index (χ4n) is 1.23. The predicted octanol–water partition coefficient (Wildman–Crippen LogP) is 2.58. The molecule has 0 aliphatic heterocycles. The summed E-state index contributed by atoms with van der Waals surface area (Å²) >= 11 is 2.79. The van der Waals surface area contributed by atoms with Crippen molar-refractivity contribution in [2.45, 2.75) is 19.2 Å². The molecule has 2 N–H and O–H groups in total. The molecule has 0 unspecified atom stereocenters. The minimum Gasteiger partial charge on any atom is -0.392 e. The van der Waals surface area contributed by atoms with Gasteiger partial charge in [-0.2, -0.15) is 13.2 Å². The number of hydrogen-bond acceptors (Lipinski definition) is 2. The fraction of sp³-hybridized carbons (Fsp3) is 0.364. The summed E-state index contributed by atoms with van der Waals surface area (Å²) in [7, 11) is 0. The standard InChI is InChI=1S/C11H11BrF3NO2/c1-6(17)5-16-10(18)7-2-3-9(12)8(4-7)11(13,14)15/h2-4,6,17H,5H2,1H3,(H,16,18)/t6-/m0/s1. The summed E-state index contributed by atoms with van der Waals surface area (Å²) in [5.41, 5.74) is -1.02. The normalized spacial score (nSPS) is 13.2. The molecular formula is C11H11BrF3NO2. The highest BCUT2D eigenvalue weighted by atomic mass is 79.9. The first-order valence-corrected chi connectivity index (χ1v) is 5.84. The molecule has 0 aliphatic carbocycles. The summed E-state index contributed by atoms with van der Waals surface area (Å²) in [6.07, 6.45) is -5.29. The number of amides is 1. The maximum Gasteiger partial charge on any atom is 0.417 e. The summed E-state index contributed by atoms with van der Waals surface area (Å²) in [5.74, 6) is -0.658. The summed E-state index contributed by atoms with van der Waals surface area (Å²) in [5, 5.41) is 11.3. The molecule has 0 heterocycles. The molecule has 0 saturated heterocycles. The lowest BCUT2D eigenvalue weighted by Gasteiger charge is -2.12. The molecule has 1 amide bonds. The highest BCUT2D eigenvalue weighted by Crippen LogP contribution is 2.35. The Bertz CT molecular complexity index is 446. The van der Waals surface area contributed by atoms with E-state index in [4.69, 9.17) is 5.11 Å². The van der Waals surface area contributed by atoms with Gasteiger partial charge in [-0.15, -0.1) is 0 Å². The van der Waals surface area contributed by atoms with Crippen LogP contribution < -0.4 is 5.32 Å². The minimum absolute atomic E-state index is 0.0176. The van der Waals surface area contributed by atoms with Crippen LogP contribution in [0.1, 0.15) is 22.8 Å². The molecule has 0 aliphatic rings. The smallest absolute Gasteiger partial charge is 0.392 e. The molecular weight excluding hydrogens is 315 g/mol. The van der Waals surface area contributed by atoms with Gasteiger partial charge in [0, 0.05) is 16.6 Å². The Labute approximate surface area is 110 Å². The van der Waals surface area contributed by atoms with Crippen LogP contribution in [0.2, 0.25) is 0 Å². The van der Waals surface area contributed by atoms with E-state index < -0.39 is 23.8 Å². The van der Waals surface area contributed by atoms with E-state index in [1.165, 1.54) is 19.1 Å². The van der Waals surface area contributed by atoms with Crippen LogP contribution in [0.3, 0.4) is 0 Å². The van der Waals surface area contributed by atoms with Crippen LogP contribution in [-0.4, -0.2) is 23.7 Å². The Kier molecular flexibility index (Phi) is 4.75. The van der Waals surface area contributed by atoms with Crippen LogP contribution in [0, 0.1) is 0 Å². The van der Waals surface area contributed by atoms with Crippen molar-refractivity contribution in [3.63, 3.8) is 0 Å². The first-order valence-electron chi connectivity index (χ1n) is 5.05. The topological polar surface area (TPSA) is 49.3 Å². The molecule has 7 heteroatoms. The van der Waals surface area contributed by atoms with Crippen molar-refractivity contribution in [1.29, 1.82) is 0 Å². The number of alkyl halides is 3. The molecule has 0 radical (unpaired) electrons. The van der Waals surface area contributed by atoms with Gasteiger partial charge in [-0.3, -0.25) is 4.79 Å². The van der Waals surface area contributed by atoms with E-state index >= 15 is 0 Å². The quantitative estimate of drug-likeness (QED) is 0.897. The molecule has 0 saturated carbocycles. The lowest BCUT2D eigenvalue weighted by atomic mass is 10.1. The number of benzene rings is 1. The number of aliphatic hydroxyl groups excluding tert-OH is 1. The first kappa shape index (κ1) is 15.0. The Hall–Kier alpha value is -1.08. The highest BCUT2D eigenvalue weighted by molar-refractivity contribution is 9.10. The van der Waals surface area contributed by atoms with Crippen LogP contribution in [0.25, 0.3) is 0 Å². The van der Waals surface area contributed by atoms with Crippen LogP contribution in [0.5, 0.6) is 0 Å². The molecule has 100 valence electrons. The average molecular weight is 326 g/mol. The molecule has 3 nitrogen and oxygen atoms in total. The second-order valence-electron chi connectivity index (χ2n) is 3.75. The molecule has 0 aromatic heterocycles. The largest absolute Gasteiger partial charge is 0.417 e. The number of carbonyl (C=O) groups is 1. The van der Waals surface area contributed by atoms with Gasteiger partial charge in [0.05, 0.1) is 11.7 Å². The molecule has 1 aromatic rings. The maximum atomic E-state index is 12.6. The third-order valence-electron chi connectivity index (χ3n) is 2.09. The van der Waals surface area contributed by atoms with E-state index in [2.05, 4.69) is 21.2 Å². The highest BCUT2D eigenvalue weighted by Gasteiger charge is 2.33. The summed E-state index contributed by atoms with van der Waals surface area (Å²) in [4.78, 5) is 11.5. The minimum atomic E-state index is -4.53. The van der Waals surface area contributed by atoms with Crippen LogP contribution in [0.15, 0.2) is 22.7 Å². The molecule has 0 bridgehead atoms. The summed E-state index contributed by atoms with van der Waals surface area (Å²) in [6.45, 7) is 1.44. The number of rotatable bonds is 3.